The molecule has 1 aliphatic heterocycles. The molecule has 7 nitrogen and oxygen atoms in total. The van der Waals surface area contributed by atoms with Crippen LogP contribution in [0.25, 0.3) is 44.6 Å². The molecular formula is C28H25N5O2. The first-order valence-corrected chi connectivity index (χ1v) is 12.3. The van der Waals surface area contributed by atoms with Crippen molar-refractivity contribution in [3.05, 3.63) is 67.3 Å². The average molecular weight is 464 g/mol. The highest BCUT2D eigenvalue weighted by molar-refractivity contribution is 5.84. The van der Waals surface area contributed by atoms with E-state index < -0.39 is 0 Å². The molecule has 1 saturated heterocycles. The SMILES string of the molecule is O=C(C1CC1)N1CC[C@H](Cn2c(-c3ccc(-c4ccc5occc5c4)cc3)nc3cncnc32)C1. The fourth-order valence-corrected chi connectivity index (χ4v) is 5.26. The average Bonchev–Trinajstić information content (AvgIpc) is 3.30. The van der Waals surface area contributed by atoms with Gasteiger partial charge >= 0.3 is 0 Å². The monoisotopic (exact) mass is 463 g/mol. The Balaban J connectivity index is 1.19. The molecule has 0 spiro atoms. The number of rotatable bonds is 5. The van der Waals surface area contributed by atoms with Crippen molar-refractivity contribution in [2.75, 3.05) is 13.1 Å². The van der Waals surface area contributed by atoms with Gasteiger partial charge in [-0.1, -0.05) is 30.3 Å². The summed E-state index contributed by atoms with van der Waals surface area (Å²) in [6.07, 6.45) is 8.19. The highest BCUT2D eigenvalue weighted by atomic mass is 16.3. The minimum absolute atomic E-state index is 0.277. The van der Waals surface area contributed by atoms with Crippen LogP contribution in [0.1, 0.15) is 19.3 Å². The number of hydrogen-bond acceptors (Lipinski definition) is 5. The lowest BCUT2D eigenvalue weighted by Crippen LogP contribution is -2.30. The van der Waals surface area contributed by atoms with E-state index in [1.807, 2.05) is 12.1 Å². The van der Waals surface area contributed by atoms with Crippen LogP contribution in [-0.2, 0) is 11.3 Å². The smallest absolute Gasteiger partial charge is 0.225 e. The molecule has 0 N–H and O–H groups in total. The molecule has 7 rings (SSSR count). The summed E-state index contributed by atoms with van der Waals surface area (Å²) in [6.45, 7) is 2.46. The number of benzene rings is 2. The molecule has 1 saturated carbocycles. The summed E-state index contributed by atoms with van der Waals surface area (Å²) in [5, 5.41) is 1.10. The Morgan fingerprint density at radius 1 is 1.00 bits per heavy atom. The van der Waals surface area contributed by atoms with Gasteiger partial charge in [-0.2, -0.15) is 0 Å². The second-order valence-corrected chi connectivity index (χ2v) is 9.74. The first-order chi connectivity index (χ1) is 17.2. The Kier molecular flexibility index (Phi) is 4.68. The number of aromatic nitrogens is 4. The summed E-state index contributed by atoms with van der Waals surface area (Å²) >= 11 is 0. The van der Waals surface area contributed by atoms with Crippen molar-refractivity contribution in [1.29, 1.82) is 0 Å². The van der Waals surface area contributed by atoms with Gasteiger partial charge in [-0.05, 0) is 54.5 Å². The Morgan fingerprint density at radius 3 is 2.69 bits per heavy atom. The molecule has 1 atom stereocenters. The van der Waals surface area contributed by atoms with Gasteiger partial charge in [-0.15, -0.1) is 0 Å². The van der Waals surface area contributed by atoms with E-state index in [2.05, 4.69) is 55.8 Å². The Morgan fingerprint density at radius 2 is 1.83 bits per heavy atom. The number of likely N-dealkylation sites (tertiary alicyclic amines) is 1. The molecule has 0 radical (unpaired) electrons. The van der Waals surface area contributed by atoms with Crippen molar-refractivity contribution in [2.24, 2.45) is 11.8 Å². The molecule has 174 valence electrons. The molecule has 2 fully saturated rings. The lowest BCUT2D eigenvalue weighted by Gasteiger charge is -2.17. The standard InChI is InChI=1S/C28H25N5O2/c34-28(21-5-6-21)32-11-9-18(15-32)16-33-26(31-24-14-29-17-30-27(24)33)20-3-1-19(2-4-20)22-7-8-25-23(13-22)10-12-35-25/h1-4,7-8,10,12-14,17-18,21H,5-6,9,11,15-16H2/t18-/m0/s1. The van der Waals surface area contributed by atoms with Gasteiger partial charge in [0.1, 0.15) is 23.3 Å². The maximum absolute atomic E-state index is 12.5. The minimum Gasteiger partial charge on any atom is -0.464 e. The summed E-state index contributed by atoms with van der Waals surface area (Å²) in [7, 11) is 0. The van der Waals surface area contributed by atoms with Gasteiger partial charge in [-0.3, -0.25) is 4.79 Å². The van der Waals surface area contributed by atoms with Gasteiger partial charge in [-0.25, -0.2) is 15.0 Å². The van der Waals surface area contributed by atoms with E-state index in [4.69, 9.17) is 9.40 Å². The van der Waals surface area contributed by atoms with E-state index >= 15 is 0 Å². The van der Waals surface area contributed by atoms with Crippen molar-refractivity contribution < 1.29 is 9.21 Å². The molecular weight excluding hydrogens is 438 g/mol. The fraction of sp³-hybridized carbons (Fsp3) is 0.286. The Hall–Kier alpha value is -4.00. The summed E-state index contributed by atoms with van der Waals surface area (Å²) in [5.41, 5.74) is 5.86. The van der Waals surface area contributed by atoms with Gasteiger partial charge in [0.2, 0.25) is 5.91 Å². The summed E-state index contributed by atoms with van der Waals surface area (Å²) < 4.78 is 7.68. The molecule has 3 aromatic heterocycles. The van der Waals surface area contributed by atoms with Crippen LogP contribution in [0.2, 0.25) is 0 Å². The zero-order chi connectivity index (χ0) is 23.4. The molecule has 0 bridgehead atoms. The first kappa shape index (κ1) is 20.4. The van der Waals surface area contributed by atoms with Crippen molar-refractivity contribution in [1.82, 2.24) is 24.4 Å². The number of carbonyl (C=O) groups is 1. The number of carbonyl (C=O) groups excluding carboxylic acids is 1. The van der Waals surface area contributed by atoms with E-state index in [0.717, 1.165) is 83.5 Å². The molecule has 2 aromatic carbocycles. The van der Waals surface area contributed by atoms with Crippen LogP contribution in [0.3, 0.4) is 0 Å². The minimum atomic E-state index is 0.277. The van der Waals surface area contributed by atoms with E-state index in [1.54, 1.807) is 18.8 Å². The molecule has 7 heteroatoms. The first-order valence-electron chi connectivity index (χ1n) is 12.3. The lowest BCUT2D eigenvalue weighted by atomic mass is 10.0. The Bertz CT molecular complexity index is 1550. The molecule has 2 aliphatic rings. The molecule has 1 amide bonds. The zero-order valence-corrected chi connectivity index (χ0v) is 19.3. The fourth-order valence-electron chi connectivity index (χ4n) is 5.26. The van der Waals surface area contributed by atoms with Gasteiger partial charge in [0, 0.05) is 36.5 Å². The zero-order valence-electron chi connectivity index (χ0n) is 19.3. The molecule has 4 heterocycles. The normalized spacial score (nSPS) is 18.1. The van der Waals surface area contributed by atoms with Crippen molar-refractivity contribution in [3.8, 4) is 22.5 Å². The topological polar surface area (TPSA) is 77.0 Å². The van der Waals surface area contributed by atoms with Crippen LogP contribution in [0, 0.1) is 11.8 Å². The van der Waals surface area contributed by atoms with E-state index in [0.29, 0.717) is 11.8 Å². The lowest BCUT2D eigenvalue weighted by molar-refractivity contribution is -0.131. The number of imidazole rings is 1. The van der Waals surface area contributed by atoms with E-state index in [-0.39, 0.29) is 5.92 Å². The van der Waals surface area contributed by atoms with E-state index in [1.165, 1.54) is 0 Å². The second-order valence-electron chi connectivity index (χ2n) is 9.74. The van der Waals surface area contributed by atoms with Crippen molar-refractivity contribution >= 4 is 28.0 Å². The number of furan rings is 1. The third-order valence-electron chi connectivity index (χ3n) is 7.30. The summed E-state index contributed by atoms with van der Waals surface area (Å²) in [5.74, 6) is 1.91. The van der Waals surface area contributed by atoms with Gasteiger partial charge in [0.25, 0.3) is 0 Å². The number of fused-ring (bicyclic) bond motifs is 2. The van der Waals surface area contributed by atoms with Crippen molar-refractivity contribution in [3.63, 3.8) is 0 Å². The maximum Gasteiger partial charge on any atom is 0.225 e. The van der Waals surface area contributed by atoms with Gasteiger partial charge < -0.3 is 13.9 Å². The molecule has 1 aliphatic carbocycles. The highest BCUT2D eigenvalue weighted by Gasteiger charge is 2.36. The number of nitrogens with zero attached hydrogens (tertiary/aromatic N) is 5. The van der Waals surface area contributed by atoms with Gasteiger partial charge in [0.05, 0.1) is 12.5 Å². The number of hydrogen-bond donors (Lipinski definition) is 0. The third-order valence-corrected chi connectivity index (χ3v) is 7.30. The number of amides is 1. The predicted molar refractivity (Wildman–Crippen MR) is 133 cm³/mol. The summed E-state index contributed by atoms with van der Waals surface area (Å²) in [6, 6.07) is 16.7. The molecule has 5 aromatic rings. The van der Waals surface area contributed by atoms with Crippen LogP contribution in [0.15, 0.2) is 71.7 Å². The van der Waals surface area contributed by atoms with Crippen molar-refractivity contribution in [2.45, 2.75) is 25.8 Å². The van der Waals surface area contributed by atoms with Crippen LogP contribution >= 0.6 is 0 Å². The molecule has 0 unspecified atom stereocenters. The van der Waals surface area contributed by atoms with E-state index in [9.17, 15) is 4.79 Å². The maximum atomic E-state index is 12.5. The highest BCUT2D eigenvalue weighted by Crippen LogP contribution is 2.34. The molecule has 35 heavy (non-hydrogen) atoms. The summed E-state index contributed by atoms with van der Waals surface area (Å²) in [4.78, 5) is 28.2. The predicted octanol–water partition coefficient (Wildman–Crippen LogP) is 5.17. The second kappa shape index (κ2) is 8.05. The van der Waals surface area contributed by atoms with Crippen LogP contribution in [0.4, 0.5) is 0 Å². The van der Waals surface area contributed by atoms with Crippen LogP contribution < -0.4 is 0 Å². The van der Waals surface area contributed by atoms with Crippen LogP contribution in [-0.4, -0.2) is 43.4 Å². The quantitative estimate of drug-likeness (QED) is 0.360. The van der Waals surface area contributed by atoms with Gasteiger partial charge in [0.15, 0.2) is 5.65 Å². The third kappa shape index (κ3) is 3.67. The van der Waals surface area contributed by atoms with Crippen LogP contribution in [0.5, 0.6) is 0 Å². The largest absolute Gasteiger partial charge is 0.464 e. The Labute approximate surface area is 202 Å².